The highest BCUT2D eigenvalue weighted by Gasteiger charge is 2.21. The second kappa shape index (κ2) is 8.54. The average Bonchev–Trinajstić information content (AvgIpc) is 2.41. The lowest BCUT2D eigenvalue weighted by atomic mass is 9.93. The van der Waals surface area contributed by atoms with Gasteiger partial charge in [0.1, 0.15) is 0 Å². The van der Waals surface area contributed by atoms with E-state index in [9.17, 15) is 4.79 Å². The lowest BCUT2D eigenvalue weighted by molar-refractivity contribution is 0.0928. The van der Waals surface area contributed by atoms with Crippen molar-refractivity contribution in [1.82, 2.24) is 10.2 Å². The Balaban J connectivity index is 2.73. The minimum atomic E-state index is -0.00259. The molecule has 1 amide bonds. The van der Waals surface area contributed by atoms with E-state index >= 15 is 0 Å². The highest BCUT2D eigenvalue weighted by Crippen LogP contribution is 2.18. The molecule has 0 spiro atoms. The fourth-order valence-electron chi connectivity index (χ4n) is 2.77. The topological polar surface area (TPSA) is 32.3 Å². The standard InChI is InChI=1S/C17H27BrN2O/c1-6-13(7-2)16(20(4)5)11-19-17(21)14-8-12(3)9-15(18)10-14/h8-10,13,16H,6-7,11H2,1-5H3,(H,19,21). The summed E-state index contributed by atoms with van der Waals surface area (Å²) in [5.41, 5.74) is 1.79. The van der Waals surface area contributed by atoms with Crippen LogP contribution in [0.25, 0.3) is 0 Å². The number of carbonyl (C=O) groups excluding carboxylic acids is 1. The molecule has 1 N–H and O–H groups in total. The molecule has 1 unspecified atom stereocenters. The van der Waals surface area contributed by atoms with Crippen molar-refractivity contribution in [2.24, 2.45) is 5.92 Å². The molecule has 0 bridgehead atoms. The Bertz CT molecular complexity index is 450. The summed E-state index contributed by atoms with van der Waals surface area (Å²) in [6.07, 6.45) is 2.26. The van der Waals surface area contributed by atoms with E-state index in [1.54, 1.807) is 0 Å². The number of halogens is 1. The first-order valence-electron chi connectivity index (χ1n) is 7.60. The summed E-state index contributed by atoms with van der Waals surface area (Å²) in [6, 6.07) is 6.16. The van der Waals surface area contributed by atoms with Crippen LogP contribution < -0.4 is 5.32 Å². The molecule has 0 heterocycles. The van der Waals surface area contributed by atoms with E-state index in [2.05, 4.69) is 54.1 Å². The smallest absolute Gasteiger partial charge is 0.251 e. The van der Waals surface area contributed by atoms with Crippen molar-refractivity contribution in [2.75, 3.05) is 20.6 Å². The van der Waals surface area contributed by atoms with E-state index in [0.717, 1.165) is 22.9 Å². The van der Waals surface area contributed by atoms with Crippen molar-refractivity contribution in [3.63, 3.8) is 0 Å². The molecular weight excluding hydrogens is 328 g/mol. The maximum absolute atomic E-state index is 12.3. The minimum absolute atomic E-state index is 0.00259. The van der Waals surface area contributed by atoms with Gasteiger partial charge in [-0.3, -0.25) is 4.79 Å². The summed E-state index contributed by atoms with van der Waals surface area (Å²) < 4.78 is 0.941. The molecule has 0 fully saturated rings. The van der Waals surface area contributed by atoms with Gasteiger partial charge in [0, 0.05) is 22.6 Å². The Morgan fingerprint density at radius 3 is 2.33 bits per heavy atom. The quantitative estimate of drug-likeness (QED) is 0.806. The number of nitrogens with one attached hydrogen (secondary N) is 1. The van der Waals surface area contributed by atoms with E-state index in [0.29, 0.717) is 24.1 Å². The van der Waals surface area contributed by atoms with Gasteiger partial charge in [0.25, 0.3) is 5.91 Å². The second-order valence-corrected chi connectivity index (χ2v) is 6.75. The van der Waals surface area contributed by atoms with Crippen LogP contribution in [0.2, 0.25) is 0 Å². The minimum Gasteiger partial charge on any atom is -0.350 e. The van der Waals surface area contributed by atoms with Gasteiger partial charge in [-0.1, -0.05) is 42.6 Å². The number of hydrogen-bond acceptors (Lipinski definition) is 2. The Morgan fingerprint density at radius 1 is 1.24 bits per heavy atom. The summed E-state index contributed by atoms with van der Waals surface area (Å²) in [6.45, 7) is 7.10. The molecule has 0 aromatic heterocycles. The van der Waals surface area contributed by atoms with Crippen LogP contribution in [0.15, 0.2) is 22.7 Å². The summed E-state index contributed by atoms with van der Waals surface area (Å²) in [7, 11) is 4.16. The fourth-order valence-corrected chi connectivity index (χ4v) is 3.38. The van der Waals surface area contributed by atoms with Crippen LogP contribution in [0.5, 0.6) is 0 Å². The van der Waals surface area contributed by atoms with Gasteiger partial charge in [-0.2, -0.15) is 0 Å². The van der Waals surface area contributed by atoms with Crippen molar-refractivity contribution < 1.29 is 4.79 Å². The molecule has 0 aliphatic heterocycles. The van der Waals surface area contributed by atoms with Crippen molar-refractivity contribution in [3.05, 3.63) is 33.8 Å². The van der Waals surface area contributed by atoms with Gasteiger partial charge in [0.2, 0.25) is 0 Å². The highest BCUT2D eigenvalue weighted by molar-refractivity contribution is 9.10. The van der Waals surface area contributed by atoms with E-state index in [4.69, 9.17) is 0 Å². The number of hydrogen-bond donors (Lipinski definition) is 1. The average molecular weight is 355 g/mol. The van der Waals surface area contributed by atoms with Gasteiger partial charge in [0.05, 0.1) is 0 Å². The third-order valence-corrected chi connectivity index (χ3v) is 4.49. The monoisotopic (exact) mass is 354 g/mol. The predicted molar refractivity (Wildman–Crippen MR) is 92.8 cm³/mol. The number of aryl methyl sites for hydroxylation is 1. The van der Waals surface area contributed by atoms with Crippen molar-refractivity contribution in [1.29, 1.82) is 0 Å². The molecule has 0 aliphatic rings. The first-order chi connectivity index (χ1) is 9.88. The third-order valence-electron chi connectivity index (χ3n) is 4.03. The van der Waals surface area contributed by atoms with Gasteiger partial charge in [-0.15, -0.1) is 0 Å². The third kappa shape index (κ3) is 5.44. The molecule has 0 saturated heterocycles. The molecule has 4 heteroatoms. The predicted octanol–water partition coefficient (Wildman–Crippen LogP) is 3.85. The first-order valence-corrected chi connectivity index (χ1v) is 8.40. The van der Waals surface area contributed by atoms with E-state index in [1.807, 2.05) is 25.1 Å². The van der Waals surface area contributed by atoms with Crippen LogP contribution in [0.4, 0.5) is 0 Å². The van der Waals surface area contributed by atoms with Gasteiger partial charge in [-0.05, 0) is 50.7 Å². The van der Waals surface area contributed by atoms with Gasteiger partial charge >= 0.3 is 0 Å². The van der Waals surface area contributed by atoms with Crippen molar-refractivity contribution in [3.8, 4) is 0 Å². The van der Waals surface area contributed by atoms with Crippen LogP contribution in [0, 0.1) is 12.8 Å². The lowest BCUT2D eigenvalue weighted by Crippen LogP contribution is -2.44. The molecule has 21 heavy (non-hydrogen) atoms. The molecule has 118 valence electrons. The maximum atomic E-state index is 12.3. The molecule has 0 aliphatic carbocycles. The molecule has 3 nitrogen and oxygen atoms in total. The van der Waals surface area contributed by atoms with Crippen molar-refractivity contribution in [2.45, 2.75) is 39.7 Å². The van der Waals surface area contributed by atoms with Crippen LogP contribution in [-0.2, 0) is 0 Å². The summed E-state index contributed by atoms with van der Waals surface area (Å²) in [5, 5.41) is 3.08. The van der Waals surface area contributed by atoms with E-state index < -0.39 is 0 Å². The largest absolute Gasteiger partial charge is 0.350 e. The Morgan fingerprint density at radius 2 is 1.86 bits per heavy atom. The SMILES string of the molecule is CCC(CC)C(CNC(=O)c1cc(C)cc(Br)c1)N(C)C. The zero-order valence-corrected chi connectivity index (χ0v) is 15.3. The molecule has 0 radical (unpaired) electrons. The van der Waals surface area contributed by atoms with Gasteiger partial charge < -0.3 is 10.2 Å². The molecule has 1 atom stereocenters. The van der Waals surface area contributed by atoms with E-state index in [1.165, 1.54) is 0 Å². The molecule has 1 aromatic carbocycles. The summed E-state index contributed by atoms with van der Waals surface area (Å²) in [5.74, 6) is 0.599. The normalized spacial score (nSPS) is 12.8. The number of amides is 1. The first kappa shape index (κ1) is 18.2. The Labute approximate surface area is 137 Å². The van der Waals surface area contributed by atoms with Gasteiger partial charge in [0.15, 0.2) is 0 Å². The van der Waals surface area contributed by atoms with Crippen LogP contribution in [0.1, 0.15) is 42.6 Å². The number of likely N-dealkylation sites (N-methyl/N-ethyl adjacent to an activating group) is 1. The molecular formula is C17H27BrN2O. The van der Waals surface area contributed by atoms with Crippen LogP contribution in [-0.4, -0.2) is 37.5 Å². The lowest BCUT2D eigenvalue weighted by Gasteiger charge is -2.31. The van der Waals surface area contributed by atoms with Crippen LogP contribution in [0.3, 0.4) is 0 Å². The number of rotatable bonds is 7. The summed E-state index contributed by atoms with van der Waals surface area (Å²) in [4.78, 5) is 14.5. The highest BCUT2D eigenvalue weighted by atomic mass is 79.9. The molecule has 0 saturated carbocycles. The number of benzene rings is 1. The second-order valence-electron chi connectivity index (χ2n) is 5.83. The molecule has 1 aromatic rings. The Kier molecular flexibility index (Phi) is 7.40. The maximum Gasteiger partial charge on any atom is 0.251 e. The number of nitrogens with zero attached hydrogens (tertiary/aromatic N) is 1. The summed E-state index contributed by atoms with van der Waals surface area (Å²) >= 11 is 3.44. The van der Waals surface area contributed by atoms with E-state index in [-0.39, 0.29) is 5.91 Å². The zero-order valence-electron chi connectivity index (χ0n) is 13.7. The van der Waals surface area contributed by atoms with Gasteiger partial charge in [-0.25, -0.2) is 0 Å². The Hall–Kier alpha value is -0.870. The molecule has 1 rings (SSSR count). The fraction of sp³-hybridized carbons (Fsp3) is 0.588. The van der Waals surface area contributed by atoms with Crippen molar-refractivity contribution >= 4 is 21.8 Å². The zero-order chi connectivity index (χ0) is 16.0. The van der Waals surface area contributed by atoms with Crippen LogP contribution >= 0.6 is 15.9 Å². The number of carbonyl (C=O) groups is 1.